The number of ether oxygens (including phenoxy) is 6. The smallest absolute Gasteiger partial charge is 0.306 e. The summed E-state index contributed by atoms with van der Waals surface area (Å²) in [4.78, 5) is 25.6. The fourth-order valence-corrected chi connectivity index (χ4v) is 7.78. The topological polar surface area (TPSA) is 231 Å². The zero-order chi connectivity index (χ0) is 44.7. The molecule has 2 fully saturated rings. The minimum atomic E-state index is -1.87. The van der Waals surface area contributed by atoms with E-state index < -0.39 is 92.9 Å². The normalized spacial score (nSPS) is 27.2. The van der Waals surface area contributed by atoms with Crippen LogP contribution < -0.4 is 0 Å². The van der Waals surface area contributed by atoms with E-state index in [0.29, 0.717) is 12.8 Å². The molecule has 0 spiro atoms. The van der Waals surface area contributed by atoms with Crippen LogP contribution in [0.15, 0.2) is 0 Å². The van der Waals surface area contributed by atoms with Gasteiger partial charge < -0.3 is 64.2 Å². The molecule has 2 aliphatic heterocycles. The highest BCUT2D eigenvalue weighted by Crippen LogP contribution is 2.29. The Kier molecular flexibility index (Phi) is 31.8. The number of carbonyl (C=O) groups is 2. The van der Waals surface area contributed by atoms with E-state index in [9.17, 15) is 45.3 Å². The number of rotatable bonds is 37. The van der Waals surface area contributed by atoms with Gasteiger partial charge in [-0.3, -0.25) is 9.59 Å². The maximum absolute atomic E-state index is 12.9. The molecule has 0 radical (unpaired) electrons. The zero-order valence-electron chi connectivity index (χ0n) is 37.7. The second kappa shape index (κ2) is 34.8. The van der Waals surface area contributed by atoms with E-state index in [1.54, 1.807) is 0 Å². The first-order valence-electron chi connectivity index (χ1n) is 24.2. The van der Waals surface area contributed by atoms with Crippen LogP contribution in [0.5, 0.6) is 0 Å². The number of esters is 2. The monoisotopic (exact) mass is 879 g/mol. The molecule has 2 aliphatic rings. The first kappa shape index (κ1) is 55.6. The second-order valence-electron chi connectivity index (χ2n) is 17.3. The molecule has 1 unspecified atom stereocenters. The van der Waals surface area contributed by atoms with E-state index in [2.05, 4.69) is 13.8 Å². The Labute approximate surface area is 366 Å². The maximum atomic E-state index is 12.9. The van der Waals surface area contributed by atoms with Crippen LogP contribution in [-0.4, -0.2) is 135 Å². The van der Waals surface area contributed by atoms with E-state index >= 15 is 0 Å². The third-order valence-electron chi connectivity index (χ3n) is 11.8. The highest BCUT2D eigenvalue weighted by atomic mass is 16.8. The molecule has 0 aromatic heterocycles. The van der Waals surface area contributed by atoms with Crippen molar-refractivity contribution in [3.63, 3.8) is 0 Å². The number of aliphatic hydroxyl groups excluding tert-OH is 7. The minimum Gasteiger partial charge on any atom is -0.462 e. The van der Waals surface area contributed by atoms with Gasteiger partial charge in [0, 0.05) is 12.8 Å². The molecule has 0 aromatic rings. The fourth-order valence-electron chi connectivity index (χ4n) is 7.78. The molecular formula is C46H86O15. The lowest BCUT2D eigenvalue weighted by molar-refractivity contribution is -0.399. The standard InChI is InChI=1S/C46H86O15/c1-3-5-7-9-11-13-15-17-19-21-23-25-27-29-36(48)56-32-34(58-37(49)30-28-26-24-22-20-18-16-14-12-10-8-6-4-2)33-57-44-41(53)40(52)43(55)46(60-44)61-45-42(54)39(51)38(50)35(31-47)59-45/h34-35,38-47,50-55H,3-33H2,1-2H3/t34-,35+,38+,39-,40+,41+,42+,43+,44+,45-,46?/m0/s1. The molecule has 15 heteroatoms. The largest absolute Gasteiger partial charge is 0.462 e. The van der Waals surface area contributed by atoms with Crippen molar-refractivity contribution in [3.05, 3.63) is 0 Å². The summed E-state index contributed by atoms with van der Waals surface area (Å²) >= 11 is 0. The van der Waals surface area contributed by atoms with Gasteiger partial charge in [0.25, 0.3) is 0 Å². The molecule has 2 rings (SSSR count). The predicted octanol–water partition coefficient (Wildman–Crippen LogP) is 6.00. The number of aliphatic hydroxyl groups is 7. The third kappa shape index (κ3) is 23.8. The molecule has 0 amide bonds. The van der Waals surface area contributed by atoms with Crippen LogP contribution in [0.4, 0.5) is 0 Å². The van der Waals surface area contributed by atoms with Crippen molar-refractivity contribution in [1.29, 1.82) is 0 Å². The summed E-state index contributed by atoms with van der Waals surface area (Å²) in [5.74, 6) is -0.949. The lowest BCUT2D eigenvalue weighted by atomic mass is 9.99. The molecule has 15 nitrogen and oxygen atoms in total. The molecule has 2 heterocycles. The van der Waals surface area contributed by atoms with Crippen LogP contribution in [0, 0.1) is 0 Å². The van der Waals surface area contributed by atoms with Gasteiger partial charge in [0.15, 0.2) is 25.0 Å². The average Bonchev–Trinajstić information content (AvgIpc) is 3.25. The van der Waals surface area contributed by atoms with Crippen LogP contribution in [0.1, 0.15) is 194 Å². The first-order valence-corrected chi connectivity index (χ1v) is 24.2. The quantitative estimate of drug-likeness (QED) is 0.0280. The Bertz CT molecular complexity index is 1080. The van der Waals surface area contributed by atoms with Crippen LogP contribution >= 0.6 is 0 Å². The van der Waals surface area contributed by atoms with E-state index in [4.69, 9.17) is 28.4 Å². The van der Waals surface area contributed by atoms with E-state index in [1.807, 2.05) is 0 Å². The number of hydrogen-bond donors (Lipinski definition) is 7. The van der Waals surface area contributed by atoms with Crippen molar-refractivity contribution < 1.29 is 73.8 Å². The summed E-state index contributed by atoms with van der Waals surface area (Å²) in [6.45, 7) is 2.99. The van der Waals surface area contributed by atoms with Crippen molar-refractivity contribution in [1.82, 2.24) is 0 Å². The van der Waals surface area contributed by atoms with Gasteiger partial charge in [-0.15, -0.1) is 0 Å². The van der Waals surface area contributed by atoms with Crippen LogP contribution in [0.2, 0.25) is 0 Å². The lowest BCUT2D eigenvalue weighted by Gasteiger charge is -2.44. The summed E-state index contributed by atoms with van der Waals surface area (Å²) in [7, 11) is 0. The molecule has 0 bridgehead atoms. The summed E-state index contributed by atoms with van der Waals surface area (Å²) < 4.78 is 33.3. The number of hydrogen-bond acceptors (Lipinski definition) is 15. The van der Waals surface area contributed by atoms with Gasteiger partial charge in [-0.25, -0.2) is 0 Å². The van der Waals surface area contributed by atoms with Gasteiger partial charge in [0.05, 0.1) is 13.2 Å². The molecule has 2 saturated heterocycles. The van der Waals surface area contributed by atoms with Crippen molar-refractivity contribution in [2.24, 2.45) is 0 Å². The van der Waals surface area contributed by atoms with Crippen LogP contribution in [0.25, 0.3) is 0 Å². The Balaban J connectivity index is 1.83. The first-order chi connectivity index (χ1) is 29.5. The number of unbranched alkanes of at least 4 members (excludes halogenated alkanes) is 24. The van der Waals surface area contributed by atoms with Crippen molar-refractivity contribution in [3.8, 4) is 0 Å². The summed E-state index contributed by atoms with van der Waals surface area (Å²) in [5.41, 5.74) is 0. The van der Waals surface area contributed by atoms with Gasteiger partial charge in [-0.1, -0.05) is 168 Å². The van der Waals surface area contributed by atoms with Gasteiger partial charge in [-0.2, -0.15) is 0 Å². The summed E-state index contributed by atoms with van der Waals surface area (Å²) in [6.07, 6.45) is 12.5. The van der Waals surface area contributed by atoms with E-state index in [0.717, 1.165) is 38.5 Å². The zero-order valence-corrected chi connectivity index (χ0v) is 37.7. The molecular weight excluding hydrogens is 792 g/mol. The summed E-state index contributed by atoms with van der Waals surface area (Å²) in [6, 6.07) is 0. The highest BCUT2D eigenvalue weighted by molar-refractivity contribution is 5.70. The maximum Gasteiger partial charge on any atom is 0.306 e. The molecule has 0 aliphatic carbocycles. The number of carbonyl (C=O) groups excluding carboxylic acids is 2. The Morgan fingerprint density at radius 2 is 0.836 bits per heavy atom. The second-order valence-corrected chi connectivity index (χ2v) is 17.3. The van der Waals surface area contributed by atoms with E-state index in [1.165, 1.54) is 116 Å². The lowest BCUT2D eigenvalue weighted by Crippen LogP contribution is -2.63. The molecule has 360 valence electrons. The highest BCUT2D eigenvalue weighted by Gasteiger charge is 2.50. The van der Waals surface area contributed by atoms with Crippen molar-refractivity contribution in [2.45, 2.75) is 261 Å². The van der Waals surface area contributed by atoms with Gasteiger partial charge >= 0.3 is 11.9 Å². The van der Waals surface area contributed by atoms with Crippen molar-refractivity contribution >= 4 is 11.9 Å². The van der Waals surface area contributed by atoms with E-state index in [-0.39, 0.29) is 19.4 Å². The van der Waals surface area contributed by atoms with Crippen LogP contribution in [0.3, 0.4) is 0 Å². The average molecular weight is 879 g/mol. The minimum absolute atomic E-state index is 0.156. The van der Waals surface area contributed by atoms with Crippen LogP contribution in [-0.2, 0) is 38.0 Å². The van der Waals surface area contributed by atoms with Gasteiger partial charge in [0.1, 0.15) is 49.3 Å². The SMILES string of the molecule is CCCCCCCCCCCCCCCC(=O)OC[C@@H](CO[C@@H]1OC(O[C@@H]2O[C@H](CO)[C@@H](O)[C@H](O)[C@H]2O)[C@H](O)[C@H](O)[C@H]1O)OC(=O)CCCCCCCCCCCCCCC. The molecule has 0 aromatic carbocycles. The molecule has 61 heavy (non-hydrogen) atoms. The Morgan fingerprint density at radius 1 is 0.459 bits per heavy atom. The van der Waals surface area contributed by atoms with Crippen molar-refractivity contribution in [2.75, 3.05) is 19.8 Å². The molecule has 7 N–H and O–H groups in total. The Morgan fingerprint density at radius 3 is 1.28 bits per heavy atom. The molecule has 11 atom stereocenters. The molecule has 0 saturated carbocycles. The third-order valence-corrected chi connectivity index (χ3v) is 11.8. The van der Waals surface area contributed by atoms with Gasteiger partial charge in [0.2, 0.25) is 0 Å². The predicted molar refractivity (Wildman–Crippen MR) is 229 cm³/mol. The summed E-state index contributed by atoms with van der Waals surface area (Å²) in [5, 5.41) is 72.0. The Hall–Kier alpha value is -1.50. The fraction of sp³-hybridized carbons (Fsp3) is 0.957. The van der Waals surface area contributed by atoms with Gasteiger partial charge in [-0.05, 0) is 12.8 Å².